The van der Waals surface area contributed by atoms with Gasteiger partial charge in [-0.2, -0.15) is 13.2 Å². The molecule has 162 valence electrons. The van der Waals surface area contributed by atoms with E-state index >= 15 is 0 Å². The molecular weight excluding hydrogens is 417 g/mol. The van der Waals surface area contributed by atoms with Gasteiger partial charge in [-0.1, -0.05) is 6.07 Å². The minimum atomic E-state index is -4.48. The average molecular weight is 436 g/mol. The van der Waals surface area contributed by atoms with E-state index in [2.05, 4.69) is 10.3 Å². The number of aromatic nitrogens is 3. The molecule has 1 N–H and O–H groups in total. The Bertz CT molecular complexity index is 1310. The number of anilines is 1. The Morgan fingerprint density at radius 1 is 1.06 bits per heavy atom. The van der Waals surface area contributed by atoms with Crippen LogP contribution in [0.15, 0.2) is 61.2 Å². The summed E-state index contributed by atoms with van der Waals surface area (Å²) in [6.07, 6.45) is 4.84. The van der Waals surface area contributed by atoms with Gasteiger partial charge in [0, 0.05) is 34.7 Å². The van der Waals surface area contributed by atoms with Crippen molar-refractivity contribution in [2.24, 2.45) is 0 Å². The molecule has 5 rings (SSSR count). The molecule has 0 radical (unpaired) electrons. The molecule has 1 aliphatic carbocycles. The number of imidazole rings is 1. The van der Waals surface area contributed by atoms with Gasteiger partial charge in [0.25, 0.3) is 5.91 Å². The highest BCUT2D eigenvalue weighted by atomic mass is 19.4. The maximum atomic E-state index is 13.0. The average Bonchev–Trinajstić information content (AvgIpc) is 3.31. The monoisotopic (exact) mass is 436 g/mol. The molecule has 32 heavy (non-hydrogen) atoms. The zero-order valence-electron chi connectivity index (χ0n) is 17.0. The van der Waals surface area contributed by atoms with Crippen molar-refractivity contribution in [3.63, 3.8) is 0 Å². The van der Waals surface area contributed by atoms with Crippen LogP contribution in [0.4, 0.5) is 18.9 Å². The van der Waals surface area contributed by atoms with Crippen molar-refractivity contribution in [3.8, 4) is 5.69 Å². The van der Waals surface area contributed by atoms with E-state index in [1.807, 2.05) is 16.8 Å². The van der Waals surface area contributed by atoms with Crippen LogP contribution in [-0.2, 0) is 19.0 Å². The zero-order chi connectivity index (χ0) is 22.3. The molecule has 0 unspecified atom stereocenters. The summed E-state index contributed by atoms with van der Waals surface area (Å²) in [5, 5.41) is 3.46. The van der Waals surface area contributed by atoms with Crippen LogP contribution in [0.3, 0.4) is 0 Å². The van der Waals surface area contributed by atoms with Crippen molar-refractivity contribution in [2.75, 3.05) is 5.32 Å². The summed E-state index contributed by atoms with van der Waals surface area (Å²) < 4.78 is 40.9. The van der Waals surface area contributed by atoms with E-state index in [-0.39, 0.29) is 5.69 Å². The second-order valence-corrected chi connectivity index (χ2v) is 7.83. The fraction of sp³-hybridized carbons (Fsp3) is 0.208. The Morgan fingerprint density at radius 2 is 1.91 bits per heavy atom. The molecule has 2 heterocycles. The summed E-state index contributed by atoms with van der Waals surface area (Å²) in [6, 6.07) is 9.79. The van der Waals surface area contributed by atoms with Gasteiger partial charge in [0.05, 0.1) is 23.1 Å². The van der Waals surface area contributed by atoms with Gasteiger partial charge in [-0.05, 0) is 67.6 Å². The first kappa shape index (κ1) is 20.2. The predicted molar refractivity (Wildman–Crippen MR) is 115 cm³/mol. The van der Waals surface area contributed by atoms with Crippen molar-refractivity contribution in [1.29, 1.82) is 0 Å². The van der Waals surface area contributed by atoms with Crippen LogP contribution in [0.1, 0.15) is 40.0 Å². The van der Waals surface area contributed by atoms with Gasteiger partial charge in [0.2, 0.25) is 0 Å². The van der Waals surface area contributed by atoms with Crippen LogP contribution in [0.2, 0.25) is 0 Å². The van der Waals surface area contributed by atoms with Crippen molar-refractivity contribution < 1.29 is 18.0 Å². The van der Waals surface area contributed by atoms with E-state index < -0.39 is 17.6 Å². The maximum Gasteiger partial charge on any atom is 0.416 e. The van der Waals surface area contributed by atoms with Gasteiger partial charge in [-0.3, -0.25) is 9.78 Å². The van der Waals surface area contributed by atoms with Gasteiger partial charge in [0.1, 0.15) is 0 Å². The first-order valence-electron chi connectivity index (χ1n) is 10.3. The number of halogens is 3. The standard InChI is InChI=1S/C24H19F3N4O/c25-24(26,27)16-4-3-5-17(13-16)29-23(32)15-8-9-19-21(12-15)30-20-7-2-1-6-18(20)22(19)31-11-10-28-14-31/h3-5,8-14H,1-2,6-7H2,(H,29,32). The Morgan fingerprint density at radius 3 is 2.69 bits per heavy atom. The highest BCUT2D eigenvalue weighted by Crippen LogP contribution is 2.33. The molecular formula is C24H19F3N4O. The van der Waals surface area contributed by atoms with E-state index in [1.54, 1.807) is 24.7 Å². The molecule has 0 saturated carbocycles. The molecule has 1 aliphatic rings. The maximum absolute atomic E-state index is 13.0. The first-order chi connectivity index (χ1) is 15.4. The largest absolute Gasteiger partial charge is 0.416 e. The van der Waals surface area contributed by atoms with Gasteiger partial charge in [-0.25, -0.2) is 4.98 Å². The molecule has 0 bridgehead atoms. The summed E-state index contributed by atoms with van der Waals surface area (Å²) in [6.45, 7) is 0. The molecule has 8 heteroatoms. The smallest absolute Gasteiger partial charge is 0.322 e. The van der Waals surface area contributed by atoms with Crippen LogP contribution in [0.25, 0.3) is 16.6 Å². The minimum absolute atomic E-state index is 0.0856. The summed E-state index contributed by atoms with van der Waals surface area (Å²) >= 11 is 0. The summed E-state index contributed by atoms with van der Waals surface area (Å²) in [5.74, 6) is -0.491. The number of carbonyl (C=O) groups is 1. The molecule has 2 aromatic heterocycles. The molecule has 1 amide bonds. The number of aryl methyl sites for hydroxylation is 1. The molecule has 0 atom stereocenters. The number of nitrogens with zero attached hydrogens (tertiary/aromatic N) is 3. The third-order valence-corrected chi connectivity index (χ3v) is 5.71. The number of alkyl halides is 3. The lowest BCUT2D eigenvalue weighted by molar-refractivity contribution is -0.137. The first-order valence-corrected chi connectivity index (χ1v) is 10.3. The zero-order valence-corrected chi connectivity index (χ0v) is 17.0. The number of benzene rings is 2. The lowest BCUT2D eigenvalue weighted by atomic mass is 9.92. The Labute approximate surface area is 181 Å². The number of hydrogen-bond acceptors (Lipinski definition) is 3. The summed E-state index contributed by atoms with van der Waals surface area (Å²) in [7, 11) is 0. The van der Waals surface area contributed by atoms with Crippen LogP contribution in [-0.4, -0.2) is 20.4 Å². The number of pyridine rings is 1. The van der Waals surface area contributed by atoms with Gasteiger partial charge < -0.3 is 9.88 Å². The number of hydrogen-bond donors (Lipinski definition) is 1. The summed E-state index contributed by atoms with van der Waals surface area (Å²) in [5.41, 5.74) is 3.51. The quantitative estimate of drug-likeness (QED) is 0.457. The van der Waals surface area contributed by atoms with Crippen LogP contribution >= 0.6 is 0 Å². The molecule has 0 saturated heterocycles. The van der Waals surface area contributed by atoms with Crippen LogP contribution in [0.5, 0.6) is 0 Å². The van der Waals surface area contributed by atoms with Gasteiger partial charge in [0.15, 0.2) is 0 Å². The highest BCUT2D eigenvalue weighted by molar-refractivity contribution is 6.06. The molecule has 0 aliphatic heterocycles. The van der Waals surface area contributed by atoms with Crippen LogP contribution < -0.4 is 5.32 Å². The van der Waals surface area contributed by atoms with E-state index in [1.165, 1.54) is 17.7 Å². The second kappa shape index (κ2) is 7.78. The lowest BCUT2D eigenvalue weighted by Crippen LogP contribution is -2.14. The summed E-state index contributed by atoms with van der Waals surface area (Å²) in [4.78, 5) is 21.8. The van der Waals surface area contributed by atoms with Gasteiger partial charge in [-0.15, -0.1) is 0 Å². The van der Waals surface area contributed by atoms with E-state index in [0.29, 0.717) is 11.1 Å². The van der Waals surface area contributed by atoms with Crippen molar-refractivity contribution in [2.45, 2.75) is 31.9 Å². The molecule has 2 aromatic carbocycles. The number of nitrogens with one attached hydrogen (secondary N) is 1. The molecule has 5 nitrogen and oxygen atoms in total. The predicted octanol–water partition coefficient (Wildman–Crippen LogP) is 5.57. The number of carbonyl (C=O) groups excluding carboxylic acids is 1. The molecule has 4 aromatic rings. The second-order valence-electron chi connectivity index (χ2n) is 7.83. The van der Waals surface area contributed by atoms with Gasteiger partial charge >= 0.3 is 6.18 Å². The van der Waals surface area contributed by atoms with E-state index in [0.717, 1.165) is 54.6 Å². The van der Waals surface area contributed by atoms with E-state index in [9.17, 15) is 18.0 Å². The SMILES string of the molecule is O=C(Nc1cccc(C(F)(F)F)c1)c1ccc2c(-n3ccnc3)c3c(nc2c1)CCCC3. The minimum Gasteiger partial charge on any atom is -0.322 e. The lowest BCUT2D eigenvalue weighted by Gasteiger charge is -2.21. The topological polar surface area (TPSA) is 59.8 Å². The third kappa shape index (κ3) is 3.72. The Balaban J connectivity index is 1.53. The fourth-order valence-corrected chi connectivity index (χ4v) is 4.20. The fourth-order valence-electron chi connectivity index (χ4n) is 4.20. The van der Waals surface area contributed by atoms with Crippen LogP contribution in [0, 0.1) is 0 Å². The number of fused-ring (bicyclic) bond motifs is 2. The molecule has 0 spiro atoms. The van der Waals surface area contributed by atoms with Crippen molar-refractivity contribution in [3.05, 3.63) is 83.6 Å². The molecule has 0 fully saturated rings. The van der Waals surface area contributed by atoms with Crippen molar-refractivity contribution in [1.82, 2.24) is 14.5 Å². The third-order valence-electron chi connectivity index (χ3n) is 5.71. The number of rotatable bonds is 3. The van der Waals surface area contributed by atoms with Crippen molar-refractivity contribution >= 4 is 22.5 Å². The Hall–Kier alpha value is -3.68. The normalized spacial score (nSPS) is 13.7. The Kier molecular flexibility index (Phi) is 4.92. The number of amides is 1. The van der Waals surface area contributed by atoms with E-state index in [4.69, 9.17) is 4.98 Å². The highest BCUT2D eigenvalue weighted by Gasteiger charge is 2.30.